The molecule has 4 heteroatoms. The third-order valence-corrected chi connectivity index (χ3v) is 4.55. The van der Waals surface area contributed by atoms with Crippen molar-refractivity contribution in [2.45, 2.75) is 18.9 Å². The molecular formula is C16H14ClFIN. The number of nitrogens with one attached hydrogen (secondary N) is 1. The molecule has 0 bridgehead atoms. The molecular weight excluding hydrogens is 388 g/mol. The highest BCUT2D eigenvalue weighted by Gasteiger charge is 2.32. The standard InChI is InChI=1S/C16H14ClFIN/c17-14-9-13(19)7-8-15(14)20-16(10-1-2-10)11-3-5-12(18)6-4-11/h3-10,16,20H,1-2H2. The van der Waals surface area contributed by atoms with Gasteiger partial charge in [-0.25, -0.2) is 4.39 Å². The summed E-state index contributed by atoms with van der Waals surface area (Å²) in [6.45, 7) is 0. The van der Waals surface area contributed by atoms with Gasteiger partial charge in [0.15, 0.2) is 0 Å². The Morgan fingerprint density at radius 1 is 1.15 bits per heavy atom. The van der Waals surface area contributed by atoms with Gasteiger partial charge >= 0.3 is 0 Å². The predicted molar refractivity (Wildman–Crippen MR) is 89.7 cm³/mol. The molecule has 1 saturated carbocycles. The molecule has 1 nitrogen and oxygen atoms in total. The van der Waals surface area contributed by atoms with E-state index in [1.807, 2.05) is 30.3 Å². The van der Waals surface area contributed by atoms with Crippen LogP contribution in [-0.4, -0.2) is 0 Å². The van der Waals surface area contributed by atoms with Crippen molar-refractivity contribution in [2.24, 2.45) is 5.92 Å². The molecule has 2 aromatic rings. The first-order valence-corrected chi connectivity index (χ1v) is 8.06. The minimum atomic E-state index is -0.199. The highest BCUT2D eigenvalue weighted by Crippen LogP contribution is 2.43. The molecule has 0 heterocycles. The van der Waals surface area contributed by atoms with Crippen molar-refractivity contribution >= 4 is 39.9 Å². The molecule has 20 heavy (non-hydrogen) atoms. The van der Waals surface area contributed by atoms with Gasteiger partial charge in [0.05, 0.1) is 16.8 Å². The molecule has 104 valence electrons. The first-order valence-electron chi connectivity index (χ1n) is 6.60. The number of benzene rings is 2. The van der Waals surface area contributed by atoms with Crippen molar-refractivity contribution in [1.29, 1.82) is 0 Å². The second-order valence-corrected chi connectivity index (χ2v) is 6.79. The van der Waals surface area contributed by atoms with E-state index in [2.05, 4.69) is 27.9 Å². The van der Waals surface area contributed by atoms with E-state index in [9.17, 15) is 4.39 Å². The van der Waals surface area contributed by atoms with Gasteiger partial charge in [0.1, 0.15) is 5.82 Å². The predicted octanol–water partition coefficient (Wildman–Crippen LogP) is 5.65. The molecule has 3 rings (SSSR count). The van der Waals surface area contributed by atoms with E-state index in [0.717, 1.165) is 19.8 Å². The number of hydrogen-bond acceptors (Lipinski definition) is 1. The lowest BCUT2D eigenvalue weighted by Gasteiger charge is -2.21. The zero-order chi connectivity index (χ0) is 14.1. The van der Waals surface area contributed by atoms with Crippen LogP contribution in [0.5, 0.6) is 0 Å². The quantitative estimate of drug-likeness (QED) is 0.653. The molecule has 0 radical (unpaired) electrons. The second-order valence-electron chi connectivity index (χ2n) is 5.14. The van der Waals surface area contributed by atoms with Crippen LogP contribution in [0.25, 0.3) is 0 Å². The molecule has 0 spiro atoms. The van der Waals surface area contributed by atoms with E-state index in [-0.39, 0.29) is 11.9 Å². The summed E-state index contributed by atoms with van der Waals surface area (Å²) in [5.41, 5.74) is 2.05. The summed E-state index contributed by atoms with van der Waals surface area (Å²) >= 11 is 8.53. The van der Waals surface area contributed by atoms with Crippen molar-refractivity contribution in [1.82, 2.24) is 0 Å². The SMILES string of the molecule is Fc1ccc(C(Nc2ccc(I)cc2Cl)C2CC2)cc1. The van der Waals surface area contributed by atoms with E-state index in [0.29, 0.717) is 5.92 Å². The van der Waals surface area contributed by atoms with Gasteiger partial charge in [-0.1, -0.05) is 23.7 Å². The van der Waals surface area contributed by atoms with Gasteiger partial charge in [0, 0.05) is 3.57 Å². The fourth-order valence-electron chi connectivity index (χ4n) is 2.35. The van der Waals surface area contributed by atoms with Gasteiger partial charge < -0.3 is 5.32 Å². The van der Waals surface area contributed by atoms with Crippen molar-refractivity contribution in [3.8, 4) is 0 Å². The van der Waals surface area contributed by atoms with E-state index >= 15 is 0 Å². The van der Waals surface area contributed by atoms with Gasteiger partial charge in [-0.3, -0.25) is 0 Å². The number of anilines is 1. The van der Waals surface area contributed by atoms with Crippen LogP contribution in [0.2, 0.25) is 5.02 Å². The average Bonchev–Trinajstić information content (AvgIpc) is 3.24. The summed E-state index contributed by atoms with van der Waals surface area (Å²) in [5.74, 6) is 0.409. The fourth-order valence-corrected chi connectivity index (χ4v) is 3.26. The minimum absolute atomic E-state index is 0.199. The van der Waals surface area contributed by atoms with Crippen LogP contribution in [0.4, 0.5) is 10.1 Å². The van der Waals surface area contributed by atoms with Crippen molar-refractivity contribution in [3.05, 3.63) is 62.4 Å². The minimum Gasteiger partial charge on any atom is -0.377 e. The number of hydrogen-bond donors (Lipinski definition) is 1. The lowest BCUT2D eigenvalue weighted by Crippen LogP contribution is -2.13. The Morgan fingerprint density at radius 2 is 1.85 bits per heavy atom. The molecule has 0 aromatic heterocycles. The molecule has 1 fully saturated rings. The zero-order valence-corrected chi connectivity index (χ0v) is 13.7. The van der Waals surface area contributed by atoms with Crippen LogP contribution in [0, 0.1) is 15.3 Å². The molecule has 1 N–H and O–H groups in total. The van der Waals surface area contributed by atoms with Gasteiger partial charge in [-0.15, -0.1) is 0 Å². The third-order valence-electron chi connectivity index (χ3n) is 3.56. The largest absolute Gasteiger partial charge is 0.377 e. The van der Waals surface area contributed by atoms with E-state index in [4.69, 9.17) is 11.6 Å². The maximum absolute atomic E-state index is 13.1. The van der Waals surface area contributed by atoms with Crippen LogP contribution in [0.3, 0.4) is 0 Å². The van der Waals surface area contributed by atoms with Crippen LogP contribution < -0.4 is 5.32 Å². The summed E-state index contributed by atoms with van der Waals surface area (Å²) in [7, 11) is 0. The smallest absolute Gasteiger partial charge is 0.123 e. The molecule has 0 saturated heterocycles. The van der Waals surface area contributed by atoms with Crippen molar-refractivity contribution in [3.63, 3.8) is 0 Å². The second kappa shape index (κ2) is 5.90. The summed E-state index contributed by atoms with van der Waals surface area (Å²) in [4.78, 5) is 0. The Kier molecular flexibility index (Phi) is 4.17. The number of rotatable bonds is 4. The molecule has 1 atom stereocenters. The van der Waals surface area contributed by atoms with Gasteiger partial charge in [0.25, 0.3) is 0 Å². The monoisotopic (exact) mass is 401 g/mol. The lowest BCUT2D eigenvalue weighted by molar-refractivity contribution is 0.622. The first kappa shape index (κ1) is 14.1. The van der Waals surface area contributed by atoms with Crippen molar-refractivity contribution < 1.29 is 4.39 Å². The summed E-state index contributed by atoms with van der Waals surface area (Å²) in [6, 6.07) is 12.9. The summed E-state index contributed by atoms with van der Waals surface area (Å²) < 4.78 is 14.2. The topological polar surface area (TPSA) is 12.0 Å². The van der Waals surface area contributed by atoms with Gasteiger partial charge in [-0.05, 0) is 77.2 Å². The Morgan fingerprint density at radius 3 is 2.45 bits per heavy atom. The molecule has 0 amide bonds. The van der Waals surface area contributed by atoms with E-state index in [1.165, 1.54) is 25.0 Å². The highest BCUT2D eigenvalue weighted by atomic mass is 127. The zero-order valence-electron chi connectivity index (χ0n) is 10.7. The fraction of sp³-hybridized carbons (Fsp3) is 0.250. The van der Waals surface area contributed by atoms with E-state index < -0.39 is 0 Å². The number of halogens is 3. The molecule has 1 unspecified atom stereocenters. The van der Waals surface area contributed by atoms with Crippen LogP contribution >= 0.6 is 34.2 Å². The summed E-state index contributed by atoms with van der Waals surface area (Å²) in [6.07, 6.45) is 2.41. The highest BCUT2D eigenvalue weighted by molar-refractivity contribution is 14.1. The Hall–Kier alpha value is -0.810. The Labute approximate surface area is 136 Å². The van der Waals surface area contributed by atoms with Crippen LogP contribution in [-0.2, 0) is 0 Å². The van der Waals surface area contributed by atoms with E-state index in [1.54, 1.807) is 0 Å². The molecule has 0 aliphatic heterocycles. The van der Waals surface area contributed by atoms with Gasteiger partial charge in [-0.2, -0.15) is 0 Å². The molecule has 1 aliphatic rings. The summed E-state index contributed by atoms with van der Waals surface area (Å²) in [5, 5.41) is 4.24. The maximum Gasteiger partial charge on any atom is 0.123 e. The van der Waals surface area contributed by atoms with Crippen molar-refractivity contribution in [2.75, 3.05) is 5.32 Å². The molecule has 1 aliphatic carbocycles. The first-order chi connectivity index (χ1) is 9.63. The normalized spacial score (nSPS) is 15.9. The third kappa shape index (κ3) is 3.26. The maximum atomic E-state index is 13.1. The molecule has 2 aromatic carbocycles. The Balaban J connectivity index is 1.86. The van der Waals surface area contributed by atoms with Crippen LogP contribution in [0.1, 0.15) is 24.4 Å². The lowest BCUT2D eigenvalue weighted by atomic mass is 10.0. The van der Waals surface area contributed by atoms with Crippen LogP contribution in [0.15, 0.2) is 42.5 Å². The average molecular weight is 402 g/mol. The van der Waals surface area contributed by atoms with Gasteiger partial charge in [0.2, 0.25) is 0 Å². The Bertz CT molecular complexity index is 610.